The first-order valence-electron chi connectivity index (χ1n) is 10.1. The first-order chi connectivity index (χ1) is 14.2. The summed E-state index contributed by atoms with van der Waals surface area (Å²) in [6, 6.07) is 13.8. The summed E-state index contributed by atoms with van der Waals surface area (Å²) in [5, 5.41) is 2.86. The summed E-state index contributed by atoms with van der Waals surface area (Å²) in [6.07, 6.45) is 2.82. The van der Waals surface area contributed by atoms with Gasteiger partial charge in [0.2, 0.25) is 11.8 Å². The van der Waals surface area contributed by atoms with Gasteiger partial charge in [0.25, 0.3) is 0 Å². The minimum atomic E-state index is -0.334. The Kier molecular flexibility index (Phi) is 6.05. The largest absolute Gasteiger partial charge is 0.378 e. The molecule has 1 aromatic carbocycles. The fourth-order valence-corrected chi connectivity index (χ4v) is 3.77. The van der Waals surface area contributed by atoms with Gasteiger partial charge < -0.3 is 19.9 Å². The first kappa shape index (κ1) is 19.4. The van der Waals surface area contributed by atoms with E-state index in [9.17, 15) is 9.59 Å². The SMILES string of the molecule is O=C(Nc1ccc(N2CCOCC2)cn1)C1CC(=O)N(CCc2ccccc2)C1. The lowest BCUT2D eigenvalue weighted by atomic mass is 10.1. The van der Waals surface area contributed by atoms with Crippen molar-refractivity contribution in [1.82, 2.24) is 9.88 Å². The van der Waals surface area contributed by atoms with Crippen LogP contribution in [0.5, 0.6) is 0 Å². The third-order valence-electron chi connectivity index (χ3n) is 5.47. The molecule has 2 amide bonds. The summed E-state index contributed by atoms with van der Waals surface area (Å²) >= 11 is 0. The predicted octanol–water partition coefficient (Wildman–Crippen LogP) is 1.95. The number of carbonyl (C=O) groups excluding carboxylic acids is 2. The number of morpholine rings is 1. The Hall–Kier alpha value is -2.93. The molecule has 0 saturated carbocycles. The summed E-state index contributed by atoms with van der Waals surface area (Å²) in [7, 11) is 0. The normalized spacial score (nSPS) is 19.4. The number of benzene rings is 1. The predicted molar refractivity (Wildman–Crippen MR) is 111 cm³/mol. The van der Waals surface area contributed by atoms with E-state index >= 15 is 0 Å². The van der Waals surface area contributed by atoms with Gasteiger partial charge in [-0.1, -0.05) is 30.3 Å². The molecule has 4 rings (SSSR count). The Morgan fingerprint density at radius 1 is 1.14 bits per heavy atom. The Morgan fingerprint density at radius 2 is 1.93 bits per heavy atom. The van der Waals surface area contributed by atoms with E-state index in [1.807, 2.05) is 30.3 Å². The number of rotatable bonds is 6. The average molecular weight is 394 g/mol. The van der Waals surface area contributed by atoms with E-state index in [1.54, 1.807) is 11.1 Å². The van der Waals surface area contributed by atoms with Gasteiger partial charge in [-0.25, -0.2) is 4.98 Å². The number of carbonyl (C=O) groups is 2. The van der Waals surface area contributed by atoms with E-state index in [1.165, 1.54) is 5.56 Å². The van der Waals surface area contributed by atoms with Crippen molar-refractivity contribution in [3.63, 3.8) is 0 Å². The monoisotopic (exact) mass is 394 g/mol. The van der Waals surface area contributed by atoms with Gasteiger partial charge in [0, 0.05) is 32.6 Å². The number of aromatic nitrogens is 1. The van der Waals surface area contributed by atoms with Crippen LogP contribution >= 0.6 is 0 Å². The molecule has 7 heteroatoms. The van der Waals surface area contributed by atoms with Crippen molar-refractivity contribution in [3.05, 3.63) is 54.2 Å². The zero-order chi connectivity index (χ0) is 20.1. The van der Waals surface area contributed by atoms with E-state index in [-0.39, 0.29) is 24.2 Å². The molecule has 1 aromatic heterocycles. The maximum absolute atomic E-state index is 12.6. The third kappa shape index (κ3) is 4.92. The molecule has 3 heterocycles. The number of ether oxygens (including phenoxy) is 1. The van der Waals surface area contributed by atoms with E-state index in [4.69, 9.17) is 4.74 Å². The highest BCUT2D eigenvalue weighted by Crippen LogP contribution is 2.21. The van der Waals surface area contributed by atoms with Gasteiger partial charge >= 0.3 is 0 Å². The van der Waals surface area contributed by atoms with E-state index in [0.29, 0.717) is 18.9 Å². The second-order valence-corrected chi connectivity index (χ2v) is 7.47. The molecule has 0 bridgehead atoms. The van der Waals surface area contributed by atoms with Gasteiger partial charge in [-0.15, -0.1) is 0 Å². The second kappa shape index (κ2) is 9.05. The van der Waals surface area contributed by atoms with Gasteiger partial charge in [0.1, 0.15) is 5.82 Å². The quantitative estimate of drug-likeness (QED) is 0.811. The molecule has 0 spiro atoms. The van der Waals surface area contributed by atoms with Crippen molar-refractivity contribution in [2.24, 2.45) is 5.92 Å². The van der Waals surface area contributed by atoms with Gasteiger partial charge in [-0.3, -0.25) is 9.59 Å². The van der Waals surface area contributed by atoms with Crippen LogP contribution in [0.3, 0.4) is 0 Å². The smallest absolute Gasteiger partial charge is 0.230 e. The number of likely N-dealkylation sites (tertiary alicyclic amines) is 1. The van der Waals surface area contributed by atoms with Crippen LogP contribution in [0.15, 0.2) is 48.7 Å². The molecule has 1 unspecified atom stereocenters. The standard InChI is InChI=1S/C22H26N4O3/c27-21-14-18(16-26(21)9-8-17-4-2-1-3-5-17)22(28)24-20-7-6-19(15-23-20)25-10-12-29-13-11-25/h1-7,15,18H,8-14,16H2,(H,23,24,28). The molecule has 29 heavy (non-hydrogen) atoms. The molecule has 2 aliphatic rings. The van der Waals surface area contributed by atoms with Gasteiger partial charge in [-0.05, 0) is 24.1 Å². The molecule has 2 aliphatic heterocycles. The third-order valence-corrected chi connectivity index (χ3v) is 5.47. The van der Waals surface area contributed by atoms with Crippen molar-refractivity contribution in [2.45, 2.75) is 12.8 Å². The van der Waals surface area contributed by atoms with E-state index < -0.39 is 0 Å². The molecular weight excluding hydrogens is 368 g/mol. The lowest BCUT2D eigenvalue weighted by molar-refractivity contribution is -0.128. The van der Waals surface area contributed by atoms with Crippen LogP contribution in [-0.4, -0.2) is 61.1 Å². The molecule has 152 valence electrons. The van der Waals surface area contributed by atoms with Gasteiger partial charge in [-0.2, -0.15) is 0 Å². The Balaban J connectivity index is 1.29. The minimum Gasteiger partial charge on any atom is -0.378 e. The molecule has 7 nitrogen and oxygen atoms in total. The van der Waals surface area contributed by atoms with Crippen molar-refractivity contribution in [3.8, 4) is 0 Å². The molecule has 1 N–H and O–H groups in total. The van der Waals surface area contributed by atoms with Crippen LogP contribution in [0.4, 0.5) is 11.5 Å². The molecule has 0 aliphatic carbocycles. The summed E-state index contributed by atoms with van der Waals surface area (Å²) in [6.45, 7) is 4.22. The van der Waals surface area contributed by atoms with Crippen molar-refractivity contribution < 1.29 is 14.3 Å². The zero-order valence-corrected chi connectivity index (χ0v) is 16.4. The molecule has 2 fully saturated rings. The van der Waals surface area contributed by atoms with Crippen LogP contribution in [0.25, 0.3) is 0 Å². The summed E-state index contributed by atoms with van der Waals surface area (Å²) in [5.41, 5.74) is 2.21. The summed E-state index contributed by atoms with van der Waals surface area (Å²) in [5.74, 6) is 0.0741. The first-order valence-corrected chi connectivity index (χ1v) is 10.1. The molecule has 1 atom stereocenters. The molecule has 2 saturated heterocycles. The lowest BCUT2D eigenvalue weighted by Crippen LogP contribution is -2.36. The lowest BCUT2D eigenvalue weighted by Gasteiger charge is -2.28. The van der Waals surface area contributed by atoms with Crippen molar-refractivity contribution >= 4 is 23.3 Å². The highest BCUT2D eigenvalue weighted by molar-refractivity contribution is 5.96. The Morgan fingerprint density at radius 3 is 2.66 bits per heavy atom. The van der Waals surface area contributed by atoms with E-state index in [2.05, 4.69) is 27.3 Å². The fraction of sp³-hybridized carbons (Fsp3) is 0.409. The fourth-order valence-electron chi connectivity index (χ4n) is 3.77. The van der Waals surface area contributed by atoms with Crippen LogP contribution in [-0.2, 0) is 20.7 Å². The number of anilines is 2. The number of hydrogen-bond donors (Lipinski definition) is 1. The summed E-state index contributed by atoms with van der Waals surface area (Å²) < 4.78 is 5.36. The molecule has 0 radical (unpaired) electrons. The highest BCUT2D eigenvalue weighted by atomic mass is 16.5. The maximum Gasteiger partial charge on any atom is 0.230 e. The average Bonchev–Trinajstić information content (AvgIpc) is 3.15. The van der Waals surface area contributed by atoms with E-state index in [0.717, 1.165) is 38.4 Å². The Bertz CT molecular complexity index is 835. The van der Waals surface area contributed by atoms with Crippen LogP contribution in [0, 0.1) is 5.92 Å². The highest BCUT2D eigenvalue weighted by Gasteiger charge is 2.34. The number of pyridine rings is 1. The Labute approximate surface area is 170 Å². The minimum absolute atomic E-state index is 0.0386. The second-order valence-electron chi connectivity index (χ2n) is 7.47. The van der Waals surface area contributed by atoms with Crippen LogP contribution in [0.2, 0.25) is 0 Å². The van der Waals surface area contributed by atoms with Crippen LogP contribution in [0.1, 0.15) is 12.0 Å². The number of nitrogens with one attached hydrogen (secondary N) is 1. The number of nitrogens with zero attached hydrogens (tertiary/aromatic N) is 3. The maximum atomic E-state index is 12.6. The van der Waals surface area contributed by atoms with Crippen LogP contribution < -0.4 is 10.2 Å². The van der Waals surface area contributed by atoms with Gasteiger partial charge in [0.05, 0.1) is 31.0 Å². The number of hydrogen-bond acceptors (Lipinski definition) is 5. The topological polar surface area (TPSA) is 74.8 Å². The van der Waals surface area contributed by atoms with Gasteiger partial charge in [0.15, 0.2) is 0 Å². The van der Waals surface area contributed by atoms with Crippen molar-refractivity contribution in [2.75, 3.05) is 49.6 Å². The number of amides is 2. The molecule has 2 aromatic rings. The van der Waals surface area contributed by atoms with Crippen molar-refractivity contribution in [1.29, 1.82) is 0 Å². The zero-order valence-electron chi connectivity index (χ0n) is 16.4. The summed E-state index contributed by atoms with van der Waals surface area (Å²) in [4.78, 5) is 33.3. The molecular formula is C22H26N4O3.